The number of aliphatic carboxylic acids is 1. The second-order valence-corrected chi connectivity index (χ2v) is 3.48. The fourth-order valence-corrected chi connectivity index (χ4v) is 0.878. The van der Waals surface area contributed by atoms with E-state index in [4.69, 9.17) is 14.9 Å². The number of carbonyl (C=O) groups is 2. The minimum Gasteiger partial charge on any atom is -0.480 e. The summed E-state index contributed by atoms with van der Waals surface area (Å²) in [6.45, 7) is 5.76. The van der Waals surface area contributed by atoms with Crippen LogP contribution in [0.2, 0.25) is 0 Å². The third kappa shape index (κ3) is 8.23. The lowest BCUT2D eigenvalue weighted by Crippen LogP contribution is -2.48. The average molecular weight is 246 g/mol. The maximum atomic E-state index is 11.1. The number of aliphatic hydroxyl groups is 1. The summed E-state index contributed by atoms with van der Waals surface area (Å²) in [5, 5.41) is 21.7. The highest BCUT2D eigenvalue weighted by Crippen LogP contribution is 1.87. The van der Waals surface area contributed by atoms with E-state index in [1.165, 1.54) is 0 Å². The Morgan fingerprint density at radius 1 is 1.47 bits per heavy atom. The van der Waals surface area contributed by atoms with Crippen LogP contribution in [0.4, 0.5) is 4.79 Å². The van der Waals surface area contributed by atoms with Crippen molar-refractivity contribution in [2.45, 2.75) is 13.0 Å². The number of carboxylic acids is 1. The first-order chi connectivity index (χ1) is 7.97. The normalized spacial score (nSPS) is 11.6. The maximum Gasteiger partial charge on any atom is 0.328 e. The van der Waals surface area contributed by atoms with Gasteiger partial charge in [-0.1, -0.05) is 12.2 Å². The van der Waals surface area contributed by atoms with Gasteiger partial charge in [-0.15, -0.1) is 0 Å². The molecule has 0 aliphatic heterocycles. The summed E-state index contributed by atoms with van der Waals surface area (Å²) >= 11 is 0. The molecule has 0 bridgehead atoms. The van der Waals surface area contributed by atoms with Crippen LogP contribution in [0.5, 0.6) is 0 Å². The van der Waals surface area contributed by atoms with E-state index in [1.807, 2.05) is 6.92 Å². The van der Waals surface area contributed by atoms with Gasteiger partial charge in [-0.3, -0.25) is 0 Å². The zero-order valence-corrected chi connectivity index (χ0v) is 9.73. The molecule has 0 aromatic carbocycles. The number of carboxylic acid groups (broad SMARTS) is 1. The molecule has 17 heavy (non-hydrogen) atoms. The first kappa shape index (κ1) is 15.4. The second kappa shape index (κ2) is 8.54. The number of nitrogens with one attached hydrogen (secondary N) is 2. The number of carbonyl (C=O) groups excluding carboxylic acids is 1. The molecule has 0 saturated heterocycles. The minimum absolute atomic E-state index is 0.247. The lowest BCUT2D eigenvalue weighted by Gasteiger charge is -2.12. The third-order valence-corrected chi connectivity index (χ3v) is 1.67. The Morgan fingerprint density at radius 2 is 2.12 bits per heavy atom. The monoisotopic (exact) mass is 246 g/mol. The number of hydrogen-bond acceptors (Lipinski definition) is 4. The van der Waals surface area contributed by atoms with Gasteiger partial charge in [0.1, 0.15) is 0 Å². The lowest BCUT2D eigenvalue weighted by atomic mass is 10.3. The molecule has 0 saturated carbocycles. The molecule has 0 aliphatic rings. The van der Waals surface area contributed by atoms with E-state index in [0.29, 0.717) is 13.2 Å². The highest BCUT2D eigenvalue weighted by Gasteiger charge is 2.17. The van der Waals surface area contributed by atoms with E-state index in [2.05, 4.69) is 17.2 Å². The van der Waals surface area contributed by atoms with Gasteiger partial charge >= 0.3 is 12.0 Å². The molecule has 0 aromatic rings. The number of ether oxygens (including phenoxy) is 1. The average Bonchev–Trinajstić information content (AvgIpc) is 2.24. The predicted molar refractivity (Wildman–Crippen MR) is 60.7 cm³/mol. The van der Waals surface area contributed by atoms with Crippen LogP contribution in [0.3, 0.4) is 0 Å². The Kier molecular flexibility index (Phi) is 7.74. The molecule has 98 valence electrons. The van der Waals surface area contributed by atoms with Crippen molar-refractivity contribution >= 4 is 12.0 Å². The highest BCUT2D eigenvalue weighted by atomic mass is 16.5. The number of urea groups is 1. The zero-order valence-electron chi connectivity index (χ0n) is 9.73. The zero-order chi connectivity index (χ0) is 13.3. The van der Waals surface area contributed by atoms with Crippen molar-refractivity contribution in [2.75, 3.05) is 26.4 Å². The van der Waals surface area contributed by atoms with Crippen LogP contribution in [0, 0.1) is 0 Å². The third-order valence-electron chi connectivity index (χ3n) is 1.67. The van der Waals surface area contributed by atoms with Crippen LogP contribution in [0.1, 0.15) is 6.92 Å². The number of rotatable bonds is 8. The van der Waals surface area contributed by atoms with Crippen molar-refractivity contribution in [3.63, 3.8) is 0 Å². The summed E-state index contributed by atoms with van der Waals surface area (Å²) in [7, 11) is 0. The van der Waals surface area contributed by atoms with Crippen molar-refractivity contribution in [1.82, 2.24) is 10.6 Å². The van der Waals surface area contributed by atoms with Crippen molar-refractivity contribution in [1.29, 1.82) is 0 Å². The summed E-state index contributed by atoms with van der Waals surface area (Å²) in [5.74, 6) is -1.29. The smallest absolute Gasteiger partial charge is 0.328 e. The molecule has 1 atom stereocenters. The molecule has 0 rings (SSSR count). The van der Waals surface area contributed by atoms with Crippen molar-refractivity contribution in [2.24, 2.45) is 0 Å². The topological polar surface area (TPSA) is 108 Å². The standard InChI is InChI=1S/C10H18N2O5/c1-7(2)6-17-4-3-11-10(16)12-8(5-13)9(14)15/h8,13H,1,3-6H2,2H3,(H,14,15)(H2,11,12,16)/t8-/m1/s1. The molecule has 0 fully saturated rings. The molecule has 0 aliphatic carbocycles. The van der Waals surface area contributed by atoms with Crippen LogP contribution < -0.4 is 10.6 Å². The van der Waals surface area contributed by atoms with Gasteiger partial charge in [0.05, 0.1) is 19.8 Å². The van der Waals surface area contributed by atoms with Gasteiger partial charge < -0.3 is 25.6 Å². The van der Waals surface area contributed by atoms with Gasteiger partial charge in [0.15, 0.2) is 6.04 Å². The molecule has 0 radical (unpaired) electrons. The van der Waals surface area contributed by atoms with Crippen LogP contribution in [-0.4, -0.2) is 54.6 Å². The van der Waals surface area contributed by atoms with Crippen molar-refractivity contribution < 1.29 is 24.5 Å². The Labute approximate surface area is 99.5 Å². The van der Waals surface area contributed by atoms with Gasteiger partial charge in [-0.05, 0) is 6.92 Å². The van der Waals surface area contributed by atoms with Crippen LogP contribution in [0.15, 0.2) is 12.2 Å². The highest BCUT2D eigenvalue weighted by molar-refractivity contribution is 5.82. The Bertz CT molecular complexity index is 280. The summed E-state index contributed by atoms with van der Waals surface area (Å²) in [5.41, 5.74) is 0.876. The molecular formula is C10H18N2O5. The summed E-state index contributed by atoms with van der Waals surface area (Å²) in [6, 6.07) is -1.96. The van der Waals surface area contributed by atoms with Gasteiger partial charge in [0.2, 0.25) is 0 Å². The van der Waals surface area contributed by atoms with E-state index in [-0.39, 0.29) is 6.54 Å². The van der Waals surface area contributed by atoms with Crippen LogP contribution >= 0.6 is 0 Å². The van der Waals surface area contributed by atoms with Gasteiger partial charge in [0.25, 0.3) is 0 Å². The second-order valence-electron chi connectivity index (χ2n) is 3.48. The van der Waals surface area contributed by atoms with Crippen molar-refractivity contribution in [3.05, 3.63) is 12.2 Å². The van der Waals surface area contributed by atoms with Gasteiger partial charge in [0, 0.05) is 6.54 Å². The Morgan fingerprint density at radius 3 is 2.59 bits per heavy atom. The Balaban J connectivity index is 3.65. The fourth-order valence-electron chi connectivity index (χ4n) is 0.878. The van der Waals surface area contributed by atoms with E-state index < -0.39 is 24.6 Å². The molecule has 7 heteroatoms. The molecule has 2 amide bonds. The Hall–Kier alpha value is -1.60. The minimum atomic E-state index is -1.30. The summed E-state index contributed by atoms with van der Waals surface area (Å²) in [6.07, 6.45) is 0. The number of amides is 2. The van der Waals surface area contributed by atoms with E-state index in [1.54, 1.807) is 0 Å². The van der Waals surface area contributed by atoms with E-state index in [0.717, 1.165) is 5.57 Å². The van der Waals surface area contributed by atoms with Gasteiger partial charge in [-0.25, -0.2) is 9.59 Å². The summed E-state index contributed by atoms with van der Waals surface area (Å²) < 4.78 is 5.12. The first-order valence-corrected chi connectivity index (χ1v) is 5.07. The number of aliphatic hydroxyl groups excluding tert-OH is 1. The molecule has 0 heterocycles. The van der Waals surface area contributed by atoms with E-state index in [9.17, 15) is 9.59 Å². The maximum absolute atomic E-state index is 11.1. The lowest BCUT2D eigenvalue weighted by molar-refractivity contribution is -0.140. The van der Waals surface area contributed by atoms with E-state index >= 15 is 0 Å². The molecule has 0 spiro atoms. The van der Waals surface area contributed by atoms with Crippen LogP contribution in [0.25, 0.3) is 0 Å². The fraction of sp³-hybridized carbons (Fsp3) is 0.600. The van der Waals surface area contributed by atoms with Crippen LogP contribution in [-0.2, 0) is 9.53 Å². The molecule has 7 nitrogen and oxygen atoms in total. The summed E-state index contributed by atoms with van der Waals surface area (Å²) in [4.78, 5) is 21.6. The predicted octanol–water partition coefficient (Wildman–Crippen LogP) is -0.676. The van der Waals surface area contributed by atoms with Gasteiger partial charge in [-0.2, -0.15) is 0 Å². The molecule has 0 unspecified atom stereocenters. The first-order valence-electron chi connectivity index (χ1n) is 5.07. The quantitative estimate of drug-likeness (QED) is 0.335. The number of hydrogen-bond donors (Lipinski definition) is 4. The van der Waals surface area contributed by atoms with Crippen molar-refractivity contribution in [3.8, 4) is 0 Å². The largest absolute Gasteiger partial charge is 0.480 e. The molecular weight excluding hydrogens is 228 g/mol. The SMILES string of the molecule is C=C(C)COCCNC(=O)N[C@H](CO)C(=O)O. The molecule has 4 N–H and O–H groups in total. The molecule has 0 aromatic heterocycles.